The van der Waals surface area contributed by atoms with Gasteiger partial charge in [0.05, 0.1) is 17.2 Å². The maximum atomic E-state index is 12.4. The summed E-state index contributed by atoms with van der Waals surface area (Å²) in [5.41, 5.74) is 0.911. The molecule has 2 heterocycles. The lowest BCUT2D eigenvalue weighted by atomic mass is 10.1. The Balaban J connectivity index is 2.20. The summed E-state index contributed by atoms with van der Waals surface area (Å²) in [7, 11) is 0. The number of hydrogen-bond donors (Lipinski definition) is 3. The molecule has 2 aromatic heterocycles. The molecule has 0 aliphatic heterocycles. The molecule has 6 nitrogen and oxygen atoms in total. The highest BCUT2D eigenvalue weighted by molar-refractivity contribution is 5.96. The first-order valence-corrected chi connectivity index (χ1v) is 6.60. The highest BCUT2D eigenvalue weighted by Crippen LogP contribution is 2.14. The van der Waals surface area contributed by atoms with E-state index in [1.165, 1.54) is 12.4 Å². The van der Waals surface area contributed by atoms with Gasteiger partial charge in [-0.3, -0.25) is 9.78 Å². The van der Waals surface area contributed by atoms with Gasteiger partial charge in [-0.25, -0.2) is 4.98 Å². The fourth-order valence-corrected chi connectivity index (χ4v) is 1.89. The van der Waals surface area contributed by atoms with Crippen molar-refractivity contribution in [3.05, 3.63) is 47.8 Å². The van der Waals surface area contributed by atoms with Crippen LogP contribution in [0.25, 0.3) is 0 Å². The van der Waals surface area contributed by atoms with Gasteiger partial charge >= 0.3 is 0 Å². The molecule has 0 bridgehead atoms. The minimum atomic E-state index is -0.264. The number of carbonyl (C=O) groups is 1. The van der Waals surface area contributed by atoms with Crippen molar-refractivity contribution in [1.82, 2.24) is 20.3 Å². The molecule has 2 rings (SSSR count). The summed E-state index contributed by atoms with van der Waals surface area (Å²) < 4.78 is 0. The van der Waals surface area contributed by atoms with Crippen LogP contribution in [0.5, 0.6) is 0 Å². The van der Waals surface area contributed by atoms with Gasteiger partial charge in [0.15, 0.2) is 0 Å². The van der Waals surface area contributed by atoms with Crippen LogP contribution in [0.3, 0.4) is 0 Å². The predicted octanol–water partition coefficient (Wildman–Crippen LogP) is 1.03. The van der Waals surface area contributed by atoms with E-state index in [0.717, 1.165) is 0 Å². The van der Waals surface area contributed by atoms with Gasteiger partial charge in [-0.05, 0) is 12.5 Å². The largest absolute Gasteiger partial charge is 0.384 e. The minimum absolute atomic E-state index is 0.195. The number of aromatic nitrogens is 3. The molecular weight excluding hydrogens is 268 g/mol. The van der Waals surface area contributed by atoms with E-state index in [2.05, 4.69) is 32.1 Å². The van der Waals surface area contributed by atoms with Gasteiger partial charge < -0.3 is 15.4 Å². The molecule has 0 radical (unpaired) electrons. The number of imidazole rings is 1. The quantitative estimate of drug-likeness (QED) is 0.731. The summed E-state index contributed by atoms with van der Waals surface area (Å²) in [6, 6.07) is 1.41. The molecule has 2 aromatic rings. The van der Waals surface area contributed by atoms with Crippen molar-refractivity contribution in [2.75, 3.05) is 6.61 Å². The third-order valence-electron chi connectivity index (χ3n) is 2.93. The first-order valence-electron chi connectivity index (χ1n) is 6.60. The van der Waals surface area contributed by atoms with Crippen LogP contribution in [0, 0.1) is 11.8 Å². The van der Waals surface area contributed by atoms with Crippen molar-refractivity contribution < 1.29 is 9.90 Å². The van der Waals surface area contributed by atoms with E-state index < -0.39 is 0 Å². The summed E-state index contributed by atoms with van der Waals surface area (Å²) in [6.07, 6.45) is 7.11. The number of nitrogens with zero attached hydrogens (tertiary/aromatic N) is 2. The van der Waals surface area contributed by atoms with Crippen LogP contribution in [-0.4, -0.2) is 32.6 Å². The van der Waals surface area contributed by atoms with Crippen molar-refractivity contribution in [2.45, 2.75) is 19.4 Å². The van der Waals surface area contributed by atoms with Gasteiger partial charge in [0.25, 0.3) is 5.91 Å². The molecule has 0 aliphatic carbocycles. The Morgan fingerprint density at radius 2 is 2.38 bits per heavy atom. The van der Waals surface area contributed by atoms with Gasteiger partial charge in [0.2, 0.25) is 0 Å². The fraction of sp³-hybridized carbons (Fsp3) is 0.267. The van der Waals surface area contributed by atoms with Gasteiger partial charge in [-0.1, -0.05) is 18.8 Å². The number of pyridine rings is 1. The van der Waals surface area contributed by atoms with Crippen LogP contribution in [0.4, 0.5) is 0 Å². The van der Waals surface area contributed by atoms with Crippen LogP contribution in [-0.2, 0) is 0 Å². The van der Waals surface area contributed by atoms with Crippen LogP contribution in [0.1, 0.15) is 41.1 Å². The number of aliphatic hydroxyl groups excluding tert-OH is 1. The lowest BCUT2D eigenvalue weighted by molar-refractivity contribution is 0.0933. The SMILES string of the molecule is CCC(NC(=O)c1ccncc1C#CCO)c1ncc[nH]1. The number of aliphatic hydroxyl groups is 1. The lowest BCUT2D eigenvalue weighted by Crippen LogP contribution is -2.29. The van der Waals surface area contributed by atoms with Crippen LogP contribution >= 0.6 is 0 Å². The van der Waals surface area contributed by atoms with E-state index in [9.17, 15) is 4.79 Å². The fourth-order valence-electron chi connectivity index (χ4n) is 1.89. The third-order valence-corrected chi connectivity index (χ3v) is 2.93. The average molecular weight is 284 g/mol. The van der Waals surface area contributed by atoms with E-state index in [4.69, 9.17) is 5.11 Å². The summed E-state index contributed by atoms with van der Waals surface area (Å²) >= 11 is 0. The van der Waals surface area contributed by atoms with Crippen molar-refractivity contribution in [3.8, 4) is 11.8 Å². The Kier molecular flexibility index (Phi) is 5.07. The number of rotatable bonds is 4. The molecule has 0 fully saturated rings. The molecule has 1 amide bonds. The zero-order valence-electron chi connectivity index (χ0n) is 11.6. The van der Waals surface area contributed by atoms with E-state index in [0.29, 0.717) is 23.4 Å². The second kappa shape index (κ2) is 7.22. The van der Waals surface area contributed by atoms with Crippen LogP contribution in [0.15, 0.2) is 30.9 Å². The van der Waals surface area contributed by atoms with Crippen molar-refractivity contribution in [3.63, 3.8) is 0 Å². The first-order chi connectivity index (χ1) is 10.3. The molecule has 0 aromatic carbocycles. The zero-order chi connectivity index (χ0) is 15.1. The number of nitrogens with one attached hydrogen (secondary N) is 2. The van der Waals surface area contributed by atoms with E-state index >= 15 is 0 Å². The number of amides is 1. The lowest BCUT2D eigenvalue weighted by Gasteiger charge is -2.15. The summed E-state index contributed by atoms with van der Waals surface area (Å²) in [5.74, 6) is 5.71. The van der Waals surface area contributed by atoms with Crippen molar-refractivity contribution >= 4 is 5.91 Å². The minimum Gasteiger partial charge on any atom is -0.384 e. The summed E-state index contributed by atoms with van der Waals surface area (Å²) in [5, 5.41) is 11.7. The Labute approximate surface area is 122 Å². The van der Waals surface area contributed by atoms with E-state index in [1.807, 2.05) is 6.92 Å². The molecule has 0 saturated carbocycles. The number of hydrogen-bond acceptors (Lipinski definition) is 4. The second-order valence-corrected chi connectivity index (χ2v) is 4.29. The number of carbonyl (C=O) groups excluding carboxylic acids is 1. The third kappa shape index (κ3) is 3.68. The molecule has 0 spiro atoms. The van der Waals surface area contributed by atoms with E-state index in [1.54, 1.807) is 18.5 Å². The van der Waals surface area contributed by atoms with Crippen LogP contribution in [0.2, 0.25) is 0 Å². The summed E-state index contributed by atoms with van der Waals surface area (Å²) in [4.78, 5) is 23.5. The molecule has 0 aliphatic rings. The first kappa shape index (κ1) is 14.8. The second-order valence-electron chi connectivity index (χ2n) is 4.29. The Morgan fingerprint density at radius 1 is 1.52 bits per heavy atom. The highest BCUT2D eigenvalue weighted by Gasteiger charge is 2.17. The maximum Gasteiger partial charge on any atom is 0.253 e. The molecule has 1 atom stereocenters. The van der Waals surface area contributed by atoms with Crippen molar-refractivity contribution in [1.29, 1.82) is 0 Å². The smallest absolute Gasteiger partial charge is 0.253 e. The number of H-pyrrole nitrogens is 1. The summed E-state index contributed by atoms with van der Waals surface area (Å²) in [6.45, 7) is 1.70. The Morgan fingerprint density at radius 3 is 3.05 bits per heavy atom. The normalized spacial score (nSPS) is 11.3. The average Bonchev–Trinajstić information content (AvgIpc) is 3.04. The van der Waals surface area contributed by atoms with Gasteiger partial charge in [0, 0.05) is 24.8 Å². The Bertz CT molecular complexity index is 656. The molecule has 21 heavy (non-hydrogen) atoms. The van der Waals surface area contributed by atoms with Gasteiger partial charge in [-0.2, -0.15) is 0 Å². The standard InChI is InChI=1S/C15H16N4O2/c1-2-13(14-17-7-8-18-14)19-15(21)12-5-6-16-10-11(12)4-3-9-20/h5-8,10,13,20H,2,9H2,1H3,(H,17,18)(H,19,21). The molecular formula is C15H16N4O2. The topological polar surface area (TPSA) is 90.9 Å². The molecule has 0 saturated heterocycles. The predicted molar refractivity (Wildman–Crippen MR) is 77.3 cm³/mol. The molecule has 3 N–H and O–H groups in total. The molecule has 6 heteroatoms. The van der Waals surface area contributed by atoms with Crippen LogP contribution < -0.4 is 5.32 Å². The van der Waals surface area contributed by atoms with Crippen molar-refractivity contribution in [2.24, 2.45) is 0 Å². The maximum absolute atomic E-state index is 12.4. The number of aromatic amines is 1. The van der Waals surface area contributed by atoms with E-state index in [-0.39, 0.29) is 18.6 Å². The van der Waals surface area contributed by atoms with Gasteiger partial charge in [-0.15, -0.1) is 0 Å². The van der Waals surface area contributed by atoms with Gasteiger partial charge in [0.1, 0.15) is 12.4 Å². The highest BCUT2D eigenvalue weighted by atomic mass is 16.2. The molecule has 1 unspecified atom stereocenters. The molecule has 108 valence electrons. The zero-order valence-corrected chi connectivity index (χ0v) is 11.6. The monoisotopic (exact) mass is 284 g/mol. The Hall–Kier alpha value is -2.65.